The number of aromatic nitrogens is 2. The molecule has 4 nitrogen and oxygen atoms in total. The molecule has 1 heterocycles. The van der Waals surface area contributed by atoms with Crippen molar-refractivity contribution in [2.45, 2.75) is 36.4 Å². The number of rotatable bonds is 4. The van der Waals surface area contributed by atoms with Crippen LogP contribution >= 0.6 is 11.8 Å². The van der Waals surface area contributed by atoms with Crippen molar-refractivity contribution in [2.24, 2.45) is 0 Å². The van der Waals surface area contributed by atoms with Crippen molar-refractivity contribution < 1.29 is 5.11 Å². The minimum atomic E-state index is -0.420. The first-order chi connectivity index (χ1) is 9.08. The molecule has 0 amide bonds. The van der Waals surface area contributed by atoms with E-state index in [1.54, 1.807) is 6.92 Å². The molecular formula is C14H16N2O2S. The van der Waals surface area contributed by atoms with Crippen molar-refractivity contribution in [1.82, 2.24) is 9.97 Å². The molecule has 0 aliphatic carbocycles. The van der Waals surface area contributed by atoms with E-state index in [9.17, 15) is 9.90 Å². The van der Waals surface area contributed by atoms with Gasteiger partial charge in [0, 0.05) is 16.7 Å². The van der Waals surface area contributed by atoms with Crippen LogP contribution in [0.5, 0.6) is 0 Å². The third kappa shape index (κ3) is 3.68. The summed E-state index contributed by atoms with van der Waals surface area (Å²) in [5, 5.41) is 10.3. The number of aliphatic hydroxyl groups is 1. The van der Waals surface area contributed by atoms with Gasteiger partial charge in [-0.1, -0.05) is 30.8 Å². The summed E-state index contributed by atoms with van der Waals surface area (Å²) in [5.41, 5.74) is 1.45. The highest BCUT2D eigenvalue weighted by atomic mass is 32.2. The van der Waals surface area contributed by atoms with Gasteiger partial charge in [-0.2, -0.15) is 0 Å². The lowest BCUT2D eigenvalue weighted by atomic mass is 10.1. The maximum atomic E-state index is 11.3. The van der Waals surface area contributed by atoms with Gasteiger partial charge in [-0.3, -0.25) is 4.79 Å². The van der Waals surface area contributed by atoms with Crippen molar-refractivity contribution in [1.29, 1.82) is 0 Å². The Morgan fingerprint density at radius 3 is 2.63 bits per heavy atom. The van der Waals surface area contributed by atoms with Gasteiger partial charge in [0.05, 0.1) is 6.10 Å². The fraction of sp³-hybridized carbons (Fsp3) is 0.286. The molecule has 1 aromatic carbocycles. The number of aryl methyl sites for hydroxylation is 1. The van der Waals surface area contributed by atoms with Crippen LogP contribution in [-0.4, -0.2) is 15.1 Å². The lowest BCUT2D eigenvalue weighted by Crippen LogP contribution is -2.07. The van der Waals surface area contributed by atoms with E-state index in [-0.39, 0.29) is 5.56 Å². The van der Waals surface area contributed by atoms with Crippen LogP contribution in [0.25, 0.3) is 0 Å². The monoisotopic (exact) mass is 276 g/mol. The van der Waals surface area contributed by atoms with Gasteiger partial charge in [0.15, 0.2) is 5.16 Å². The summed E-state index contributed by atoms with van der Waals surface area (Å²) in [6.45, 7) is 3.73. The molecule has 2 aromatic rings. The topological polar surface area (TPSA) is 66.0 Å². The van der Waals surface area contributed by atoms with E-state index in [2.05, 4.69) is 9.97 Å². The van der Waals surface area contributed by atoms with E-state index in [0.717, 1.165) is 10.5 Å². The van der Waals surface area contributed by atoms with Gasteiger partial charge in [0.2, 0.25) is 0 Å². The molecule has 0 radical (unpaired) electrons. The van der Waals surface area contributed by atoms with Crippen LogP contribution < -0.4 is 5.56 Å². The van der Waals surface area contributed by atoms with E-state index in [1.807, 2.05) is 31.2 Å². The molecule has 1 aromatic heterocycles. The molecule has 0 spiro atoms. The smallest absolute Gasteiger partial charge is 0.251 e. The van der Waals surface area contributed by atoms with Gasteiger partial charge >= 0.3 is 0 Å². The highest BCUT2D eigenvalue weighted by molar-refractivity contribution is 7.99. The molecule has 0 aliphatic rings. The predicted molar refractivity (Wildman–Crippen MR) is 75.4 cm³/mol. The van der Waals surface area contributed by atoms with E-state index < -0.39 is 6.10 Å². The van der Waals surface area contributed by atoms with Gasteiger partial charge in [-0.25, -0.2) is 4.98 Å². The quantitative estimate of drug-likeness (QED) is 0.843. The van der Waals surface area contributed by atoms with Crippen molar-refractivity contribution >= 4 is 11.8 Å². The van der Waals surface area contributed by atoms with Crippen LogP contribution in [0.4, 0.5) is 0 Å². The molecule has 2 rings (SSSR count). The maximum absolute atomic E-state index is 11.3. The summed E-state index contributed by atoms with van der Waals surface area (Å²) in [6.07, 6.45) is 0.273. The maximum Gasteiger partial charge on any atom is 0.251 e. The second-order valence-electron chi connectivity index (χ2n) is 4.29. The Morgan fingerprint density at radius 2 is 2.05 bits per heavy atom. The summed E-state index contributed by atoms with van der Waals surface area (Å²) >= 11 is 1.40. The number of aliphatic hydroxyl groups excluding tert-OH is 1. The number of hydrogen-bond acceptors (Lipinski definition) is 4. The van der Waals surface area contributed by atoms with E-state index >= 15 is 0 Å². The van der Waals surface area contributed by atoms with Crippen LogP contribution in [-0.2, 0) is 0 Å². The summed E-state index contributed by atoms with van der Waals surface area (Å²) in [5.74, 6) is 0. The van der Waals surface area contributed by atoms with Crippen LogP contribution in [0.2, 0.25) is 0 Å². The standard InChI is InChI=1S/C14H16N2O2S/c1-3-12(17)10-4-6-11(7-5-10)19-14-15-9(2)8-13(18)16-14/h4-8,12,17H,3H2,1-2H3,(H,15,16,18)/t12-/m1/s1. The molecule has 0 bridgehead atoms. The Morgan fingerprint density at radius 1 is 1.37 bits per heavy atom. The van der Waals surface area contributed by atoms with Gasteiger partial charge in [0.25, 0.3) is 5.56 Å². The largest absolute Gasteiger partial charge is 0.388 e. The van der Waals surface area contributed by atoms with E-state index in [4.69, 9.17) is 0 Å². The second-order valence-corrected chi connectivity index (χ2v) is 5.35. The minimum absolute atomic E-state index is 0.145. The first-order valence-electron chi connectivity index (χ1n) is 6.12. The average molecular weight is 276 g/mol. The zero-order valence-electron chi connectivity index (χ0n) is 10.9. The Labute approximate surface area is 115 Å². The molecule has 19 heavy (non-hydrogen) atoms. The molecule has 0 saturated heterocycles. The second kappa shape index (κ2) is 6.04. The molecular weight excluding hydrogens is 260 g/mol. The van der Waals surface area contributed by atoms with Crippen LogP contribution in [0.15, 0.2) is 45.2 Å². The lowest BCUT2D eigenvalue weighted by molar-refractivity contribution is 0.173. The summed E-state index contributed by atoms with van der Waals surface area (Å²) in [4.78, 5) is 19.3. The molecule has 0 aliphatic heterocycles. The van der Waals surface area contributed by atoms with Crippen LogP contribution in [0, 0.1) is 6.92 Å². The molecule has 1 atom stereocenters. The van der Waals surface area contributed by atoms with Crippen molar-refractivity contribution in [3.8, 4) is 0 Å². The van der Waals surface area contributed by atoms with Gasteiger partial charge in [0.1, 0.15) is 0 Å². The first-order valence-corrected chi connectivity index (χ1v) is 6.94. The zero-order valence-corrected chi connectivity index (χ0v) is 11.7. The Balaban J connectivity index is 2.17. The number of nitrogens with one attached hydrogen (secondary N) is 1. The molecule has 0 saturated carbocycles. The van der Waals surface area contributed by atoms with Crippen molar-refractivity contribution in [3.05, 3.63) is 51.9 Å². The summed E-state index contributed by atoms with van der Waals surface area (Å²) in [6, 6.07) is 9.09. The number of hydrogen-bond donors (Lipinski definition) is 2. The van der Waals surface area contributed by atoms with Crippen molar-refractivity contribution in [2.75, 3.05) is 0 Å². The number of aromatic amines is 1. The predicted octanol–water partition coefficient (Wildman–Crippen LogP) is 2.67. The Bertz CT molecular complexity index is 608. The highest BCUT2D eigenvalue weighted by Crippen LogP contribution is 2.26. The Kier molecular flexibility index (Phi) is 4.39. The van der Waals surface area contributed by atoms with Crippen LogP contribution in [0.1, 0.15) is 30.7 Å². The lowest BCUT2D eigenvalue weighted by Gasteiger charge is -2.08. The fourth-order valence-corrected chi connectivity index (χ4v) is 2.54. The van der Waals surface area contributed by atoms with Gasteiger partial charge in [-0.05, 0) is 31.0 Å². The molecule has 0 fully saturated rings. The van der Waals surface area contributed by atoms with Gasteiger partial charge in [-0.15, -0.1) is 0 Å². The normalized spacial score (nSPS) is 12.4. The van der Waals surface area contributed by atoms with Crippen molar-refractivity contribution in [3.63, 3.8) is 0 Å². The number of benzene rings is 1. The van der Waals surface area contributed by atoms with E-state index in [0.29, 0.717) is 17.3 Å². The Hall–Kier alpha value is -1.59. The number of H-pyrrole nitrogens is 1. The minimum Gasteiger partial charge on any atom is -0.388 e. The first kappa shape index (κ1) is 13.8. The molecule has 5 heteroatoms. The molecule has 0 unspecified atom stereocenters. The van der Waals surface area contributed by atoms with Crippen LogP contribution in [0.3, 0.4) is 0 Å². The number of nitrogens with zero attached hydrogens (tertiary/aromatic N) is 1. The highest BCUT2D eigenvalue weighted by Gasteiger charge is 2.05. The molecule has 100 valence electrons. The fourth-order valence-electron chi connectivity index (χ4n) is 1.71. The zero-order chi connectivity index (χ0) is 13.8. The molecule has 2 N–H and O–H groups in total. The third-order valence-electron chi connectivity index (χ3n) is 2.71. The summed E-state index contributed by atoms with van der Waals surface area (Å²) in [7, 11) is 0. The SMILES string of the molecule is CC[C@@H](O)c1ccc(Sc2nc(C)cc(=O)[nH]2)cc1. The van der Waals surface area contributed by atoms with E-state index in [1.165, 1.54) is 17.8 Å². The third-order valence-corrected chi connectivity index (χ3v) is 3.61. The summed E-state index contributed by atoms with van der Waals surface area (Å²) < 4.78 is 0. The van der Waals surface area contributed by atoms with Gasteiger partial charge < -0.3 is 10.1 Å². The average Bonchev–Trinajstić information content (AvgIpc) is 2.37.